The van der Waals surface area contributed by atoms with Gasteiger partial charge in [-0.05, 0) is 24.6 Å². The number of hydrogen-bond donors (Lipinski definition) is 3. The van der Waals surface area contributed by atoms with Crippen LogP contribution >= 0.6 is 0 Å². The molecular weight excluding hydrogens is 330 g/mol. The molecule has 1 heterocycles. The number of rotatable bonds is 9. The van der Waals surface area contributed by atoms with Crippen LogP contribution in [0.3, 0.4) is 0 Å². The fourth-order valence-corrected chi connectivity index (χ4v) is 3.31. The Morgan fingerprint density at radius 3 is 2.50 bits per heavy atom. The third-order valence-electron chi connectivity index (χ3n) is 4.63. The Bertz CT molecular complexity index is 797. The third-order valence-corrected chi connectivity index (χ3v) is 4.63. The number of nitrogens with one attached hydrogen (secondary N) is 2. The molecule has 2 aromatic rings. The monoisotopic (exact) mass is 355 g/mol. The van der Waals surface area contributed by atoms with Gasteiger partial charge in [0.05, 0.1) is 6.61 Å². The first-order chi connectivity index (χ1) is 12.7. The van der Waals surface area contributed by atoms with E-state index in [0.717, 1.165) is 29.3 Å². The van der Waals surface area contributed by atoms with Gasteiger partial charge in [-0.25, -0.2) is 0 Å². The van der Waals surface area contributed by atoms with E-state index in [1.54, 1.807) is 6.07 Å². The second-order valence-corrected chi connectivity index (χ2v) is 6.40. The molecule has 0 aromatic heterocycles. The molecule has 138 valence electrons. The highest BCUT2D eigenvalue weighted by Gasteiger charge is 2.32. The molecule has 0 bridgehead atoms. The van der Waals surface area contributed by atoms with E-state index in [9.17, 15) is 9.59 Å². The summed E-state index contributed by atoms with van der Waals surface area (Å²) in [4.78, 5) is 27.0. The van der Waals surface area contributed by atoms with Crippen molar-refractivity contribution in [3.63, 3.8) is 0 Å². The van der Waals surface area contributed by atoms with E-state index in [2.05, 4.69) is 10.6 Å². The van der Waals surface area contributed by atoms with E-state index in [0.29, 0.717) is 37.3 Å². The number of unbranched alkanes of at least 4 members (excludes halogenated alkanes) is 1. The van der Waals surface area contributed by atoms with Gasteiger partial charge < -0.3 is 15.7 Å². The maximum absolute atomic E-state index is 12.8. The van der Waals surface area contributed by atoms with Gasteiger partial charge in [-0.15, -0.1) is 0 Å². The molecule has 26 heavy (non-hydrogen) atoms. The third kappa shape index (κ3) is 3.43. The smallest absolute Gasteiger partial charge is 0.261 e. The molecule has 0 atom stereocenters. The van der Waals surface area contributed by atoms with Crippen molar-refractivity contribution in [3.05, 3.63) is 41.5 Å². The summed E-state index contributed by atoms with van der Waals surface area (Å²) >= 11 is 0. The summed E-state index contributed by atoms with van der Waals surface area (Å²) in [5.41, 5.74) is 2.09. The molecule has 3 rings (SSSR count). The Hall–Kier alpha value is -2.44. The summed E-state index contributed by atoms with van der Waals surface area (Å²) in [5, 5.41) is 16.9. The Labute approximate surface area is 153 Å². The first-order valence-corrected chi connectivity index (χ1v) is 9.16. The molecule has 1 aliphatic heterocycles. The molecule has 0 fully saturated rings. The molecule has 0 unspecified atom stereocenters. The fourth-order valence-electron chi connectivity index (χ4n) is 3.31. The van der Waals surface area contributed by atoms with Crippen molar-refractivity contribution in [2.75, 3.05) is 38.1 Å². The number of anilines is 1. The van der Waals surface area contributed by atoms with Gasteiger partial charge in [-0.3, -0.25) is 14.5 Å². The predicted octanol–water partition coefficient (Wildman–Crippen LogP) is 2.23. The summed E-state index contributed by atoms with van der Waals surface area (Å²) < 4.78 is 0. The summed E-state index contributed by atoms with van der Waals surface area (Å²) in [6, 6.07) is 9.31. The van der Waals surface area contributed by atoms with E-state index in [1.165, 1.54) is 4.90 Å². The van der Waals surface area contributed by atoms with Crippen LogP contribution in [-0.2, 0) is 0 Å². The molecular formula is C20H25N3O3. The minimum atomic E-state index is -0.205. The molecule has 6 nitrogen and oxygen atoms in total. The lowest BCUT2D eigenvalue weighted by Crippen LogP contribution is -2.40. The lowest BCUT2D eigenvalue weighted by molar-refractivity contribution is 0.0608. The summed E-state index contributed by atoms with van der Waals surface area (Å²) in [6.07, 6.45) is 1.74. The van der Waals surface area contributed by atoms with Gasteiger partial charge in [-0.1, -0.05) is 25.5 Å². The quantitative estimate of drug-likeness (QED) is 0.475. The van der Waals surface area contributed by atoms with E-state index < -0.39 is 0 Å². The van der Waals surface area contributed by atoms with E-state index in [1.807, 2.05) is 31.2 Å². The molecule has 6 heteroatoms. The van der Waals surface area contributed by atoms with Crippen molar-refractivity contribution in [2.24, 2.45) is 0 Å². The number of aliphatic hydroxyl groups excluding tert-OH is 1. The molecule has 2 amide bonds. The van der Waals surface area contributed by atoms with Crippen LogP contribution in [0.1, 0.15) is 40.5 Å². The van der Waals surface area contributed by atoms with Crippen LogP contribution in [0.5, 0.6) is 0 Å². The minimum Gasteiger partial charge on any atom is -0.395 e. The average molecular weight is 355 g/mol. The Balaban J connectivity index is 1.91. The maximum atomic E-state index is 12.8. The molecule has 0 radical (unpaired) electrons. The molecule has 0 aliphatic carbocycles. The van der Waals surface area contributed by atoms with Gasteiger partial charge in [0.25, 0.3) is 11.8 Å². The standard InChI is InChI=1S/C20H25N3O3/c1-2-3-12-23-19(25)15-6-4-5-14-17(22-10-9-21-11-13-24)8-7-16(18(14)15)20(23)26/h4-8,21-22,24H,2-3,9-13H2,1H3. The number of aliphatic hydroxyl groups is 1. The molecule has 0 saturated heterocycles. The van der Waals surface area contributed by atoms with E-state index in [-0.39, 0.29) is 18.4 Å². The van der Waals surface area contributed by atoms with Gasteiger partial charge >= 0.3 is 0 Å². The second-order valence-electron chi connectivity index (χ2n) is 6.40. The average Bonchev–Trinajstić information content (AvgIpc) is 2.66. The van der Waals surface area contributed by atoms with Crippen molar-refractivity contribution in [3.8, 4) is 0 Å². The van der Waals surface area contributed by atoms with Crippen LogP contribution < -0.4 is 10.6 Å². The van der Waals surface area contributed by atoms with Gasteiger partial charge in [-0.2, -0.15) is 0 Å². The highest BCUT2D eigenvalue weighted by Crippen LogP contribution is 2.34. The molecule has 3 N–H and O–H groups in total. The predicted molar refractivity (Wildman–Crippen MR) is 103 cm³/mol. The van der Waals surface area contributed by atoms with Crippen LogP contribution in [0.4, 0.5) is 5.69 Å². The Morgan fingerprint density at radius 1 is 1.00 bits per heavy atom. The number of amides is 2. The van der Waals surface area contributed by atoms with Gasteiger partial charge in [0.1, 0.15) is 0 Å². The number of imide groups is 1. The second kappa shape index (κ2) is 8.29. The van der Waals surface area contributed by atoms with Crippen molar-refractivity contribution in [1.29, 1.82) is 0 Å². The van der Waals surface area contributed by atoms with Crippen molar-refractivity contribution in [1.82, 2.24) is 10.2 Å². The number of carbonyl (C=O) groups is 2. The first-order valence-electron chi connectivity index (χ1n) is 9.16. The zero-order valence-corrected chi connectivity index (χ0v) is 15.0. The number of nitrogens with zero attached hydrogens (tertiary/aromatic N) is 1. The first kappa shape index (κ1) is 18.4. The minimum absolute atomic E-state index is 0.111. The summed E-state index contributed by atoms with van der Waals surface area (Å²) in [7, 11) is 0. The Morgan fingerprint density at radius 2 is 1.77 bits per heavy atom. The Kier molecular flexibility index (Phi) is 5.85. The lowest BCUT2D eigenvalue weighted by atomic mass is 9.93. The van der Waals surface area contributed by atoms with Gasteiger partial charge in [0, 0.05) is 53.8 Å². The largest absolute Gasteiger partial charge is 0.395 e. The molecule has 2 aromatic carbocycles. The maximum Gasteiger partial charge on any atom is 0.261 e. The van der Waals surface area contributed by atoms with Crippen LogP contribution in [-0.4, -0.2) is 54.6 Å². The van der Waals surface area contributed by atoms with E-state index >= 15 is 0 Å². The summed E-state index contributed by atoms with van der Waals surface area (Å²) in [6.45, 7) is 4.57. The number of carbonyl (C=O) groups excluding carboxylic acids is 2. The zero-order chi connectivity index (χ0) is 18.5. The molecule has 0 saturated carbocycles. The highest BCUT2D eigenvalue weighted by atomic mass is 16.3. The van der Waals surface area contributed by atoms with Gasteiger partial charge in [0.15, 0.2) is 0 Å². The van der Waals surface area contributed by atoms with Gasteiger partial charge in [0.2, 0.25) is 0 Å². The van der Waals surface area contributed by atoms with Crippen LogP contribution in [0.25, 0.3) is 10.8 Å². The SMILES string of the molecule is CCCCN1C(=O)c2cccc3c(NCCNCCO)ccc(c23)C1=O. The lowest BCUT2D eigenvalue weighted by Gasteiger charge is -2.27. The van der Waals surface area contributed by atoms with Crippen molar-refractivity contribution >= 4 is 28.3 Å². The number of hydrogen-bond acceptors (Lipinski definition) is 5. The van der Waals surface area contributed by atoms with Crippen LogP contribution in [0, 0.1) is 0 Å². The fraction of sp³-hybridized carbons (Fsp3) is 0.400. The van der Waals surface area contributed by atoms with E-state index in [4.69, 9.17) is 5.11 Å². The topological polar surface area (TPSA) is 81.7 Å². The zero-order valence-electron chi connectivity index (χ0n) is 15.0. The molecule has 0 spiro atoms. The molecule has 1 aliphatic rings. The van der Waals surface area contributed by atoms with Crippen LogP contribution in [0.15, 0.2) is 30.3 Å². The normalized spacial score (nSPS) is 13.5. The van der Waals surface area contributed by atoms with Crippen molar-refractivity contribution < 1.29 is 14.7 Å². The summed E-state index contributed by atoms with van der Waals surface area (Å²) in [5.74, 6) is -0.411. The highest BCUT2D eigenvalue weighted by molar-refractivity contribution is 6.26. The number of benzene rings is 2. The van der Waals surface area contributed by atoms with Crippen molar-refractivity contribution in [2.45, 2.75) is 19.8 Å². The van der Waals surface area contributed by atoms with Crippen LogP contribution in [0.2, 0.25) is 0 Å².